The third-order valence-corrected chi connectivity index (χ3v) is 5.20. The van der Waals surface area contributed by atoms with Crippen LogP contribution in [0.4, 0.5) is 0 Å². The molecule has 1 amide bonds. The molecule has 128 valence electrons. The number of carbonyl (C=O) groups excluding carboxylic acids is 1. The number of piperidine rings is 1. The molecule has 2 aliphatic rings. The van der Waals surface area contributed by atoms with Gasteiger partial charge in [-0.2, -0.15) is 0 Å². The molecule has 4 rings (SSSR count). The van der Waals surface area contributed by atoms with E-state index in [1.54, 1.807) is 0 Å². The summed E-state index contributed by atoms with van der Waals surface area (Å²) in [4.78, 5) is 29.6. The highest BCUT2D eigenvalue weighted by Crippen LogP contribution is 2.36. The summed E-state index contributed by atoms with van der Waals surface area (Å²) in [5.74, 6) is 0.274. The van der Waals surface area contributed by atoms with Gasteiger partial charge in [0.15, 0.2) is 0 Å². The predicted molar refractivity (Wildman–Crippen MR) is 90.9 cm³/mol. The number of H-pyrrole nitrogens is 1. The van der Waals surface area contributed by atoms with Crippen LogP contribution < -0.4 is 5.69 Å². The Labute approximate surface area is 140 Å². The average molecular weight is 329 g/mol. The average Bonchev–Trinajstić information content (AvgIpc) is 3.28. The molecule has 1 aromatic heterocycles. The molecule has 2 unspecified atom stereocenters. The molecule has 0 bridgehead atoms. The van der Waals surface area contributed by atoms with Gasteiger partial charge in [0, 0.05) is 25.7 Å². The van der Waals surface area contributed by atoms with Gasteiger partial charge >= 0.3 is 5.69 Å². The van der Waals surface area contributed by atoms with E-state index in [9.17, 15) is 9.59 Å². The van der Waals surface area contributed by atoms with Crippen LogP contribution in [0.5, 0.6) is 0 Å². The van der Waals surface area contributed by atoms with Gasteiger partial charge in [0.05, 0.1) is 23.1 Å². The maximum absolute atomic E-state index is 12.5. The van der Waals surface area contributed by atoms with Crippen LogP contribution in [0.1, 0.15) is 32.2 Å². The number of carbonyl (C=O) groups is 1. The highest BCUT2D eigenvalue weighted by atomic mass is 16.5. The quantitative estimate of drug-likeness (QED) is 0.932. The van der Waals surface area contributed by atoms with Crippen molar-refractivity contribution in [1.29, 1.82) is 0 Å². The molecule has 1 saturated carbocycles. The first-order chi connectivity index (χ1) is 11.7. The Morgan fingerprint density at radius 2 is 2.04 bits per heavy atom. The van der Waals surface area contributed by atoms with Crippen LogP contribution >= 0.6 is 0 Å². The summed E-state index contributed by atoms with van der Waals surface area (Å²) in [7, 11) is 0. The lowest BCUT2D eigenvalue weighted by Crippen LogP contribution is -2.41. The number of aromatic amines is 1. The van der Waals surface area contributed by atoms with Gasteiger partial charge in [-0.3, -0.25) is 9.36 Å². The Morgan fingerprint density at radius 1 is 1.29 bits per heavy atom. The SMILES string of the molecule is CCOC1CC1C(=O)N1CCC(n2c(=O)[nH]c3ccccc32)CC1. The Balaban J connectivity index is 1.44. The van der Waals surface area contributed by atoms with Gasteiger partial charge in [0.1, 0.15) is 0 Å². The number of hydrogen-bond donors (Lipinski definition) is 1. The van der Waals surface area contributed by atoms with Crippen molar-refractivity contribution in [3.63, 3.8) is 0 Å². The number of aromatic nitrogens is 2. The van der Waals surface area contributed by atoms with Crippen LogP contribution in [0.25, 0.3) is 11.0 Å². The normalized spacial score (nSPS) is 24.5. The topological polar surface area (TPSA) is 67.3 Å². The molecule has 1 saturated heterocycles. The van der Waals surface area contributed by atoms with Crippen molar-refractivity contribution in [2.45, 2.75) is 38.3 Å². The summed E-state index contributed by atoms with van der Waals surface area (Å²) in [5.41, 5.74) is 1.77. The minimum Gasteiger partial charge on any atom is -0.378 e. The van der Waals surface area contributed by atoms with Crippen molar-refractivity contribution < 1.29 is 9.53 Å². The van der Waals surface area contributed by atoms with E-state index in [0.29, 0.717) is 19.7 Å². The molecule has 6 nitrogen and oxygen atoms in total. The first kappa shape index (κ1) is 15.4. The summed E-state index contributed by atoms with van der Waals surface area (Å²) in [6.45, 7) is 4.06. The highest BCUT2D eigenvalue weighted by molar-refractivity contribution is 5.82. The summed E-state index contributed by atoms with van der Waals surface area (Å²) in [6, 6.07) is 7.92. The number of hydrogen-bond acceptors (Lipinski definition) is 3. The Bertz CT molecular complexity index is 801. The van der Waals surface area contributed by atoms with E-state index in [0.717, 1.165) is 30.3 Å². The maximum atomic E-state index is 12.5. The molecule has 2 atom stereocenters. The molecule has 6 heteroatoms. The minimum absolute atomic E-state index is 0.0531. The van der Waals surface area contributed by atoms with Crippen molar-refractivity contribution in [3.8, 4) is 0 Å². The molecular formula is C18H23N3O3. The van der Waals surface area contributed by atoms with Crippen molar-refractivity contribution in [2.24, 2.45) is 5.92 Å². The molecule has 1 aliphatic heterocycles. The Hall–Kier alpha value is -2.08. The zero-order valence-corrected chi connectivity index (χ0v) is 13.9. The fourth-order valence-electron chi connectivity index (χ4n) is 3.85. The van der Waals surface area contributed by atoms with Crippen LogP contribution in [0, 0.1) is 5.92 Å². The maximum Gasteiger partial charge on any atom is 0.326 e. The predicted octanol–water partition coefficient (Wildman–Crippen LogP) is 1.92. The molecule has 2 fully saturated rings. The lowest BCUT2D eigenvalue weighted by atomic mass is 10.0. The largest absolute Gasteiger partial charge is 0.378 e. The highest BCUT2D eigenvalue weighted by Gasteiger charge is 2.46. The summed E-state index contributed by atoms with van der Waals surface area (Å²) in [5, 5.41) is 0. The second kappa shape index (κ2) is 6.09. The van der Waals surface area contributed by atoms with E-state index in [4.69, 9.17) is 4.74 Å². The fraction of sp³-hybridized carbons (Fsp3) is 0.556. The number of benzene rings is 1. The Kier molecular flexibility index (Phi) is 3.92. The molecular weight excluding hydrogens is 306 g/mol. The van der Waals surface area contributed by atoms with Gasteiger partial charge in [0.2, 0.25) is 5.91 Å². The molecule has 0 radical (unpaired) electrons. The number of para-hydroxylation sites is 2. The first-order valence-electron chi connectivity index (χ1n) is 8.78. The third kappa shape index (κ3) is 2.65. The van der Waals surface area contributed by atoms with Crippen LogP contribution in [0.3, 0.4) is 0 Å². The summed E-state index contributed by atoms with van der Waals surface area (Å²) >= 11 is 0. The molecule has 2 aromatic rings. The lowest BCUT2D eigenvalue weighted by molar-refractivity contribution is -0.134. The van der Waals surface area contributed by atoms with Crippen LogP contribution in [0.15, 0.2) is 29.1 Å². The van der Waals surface area contributed by atoms with E-state index >= 15 is 0 Å². The monoisotopic (exact) mass is 329 g/mol. The summed E-state index contributed by atoms with van der Waals surface area (Å²) in [6.07, 6.45) is 2.62. The molecule has 1 aliphatic carbocycles. The number of fused-ring (bicyclic) bond motifs is 1. The van der Waals surface area contributed by atoms with E-state index in [1.165, 1.54) is 0 Å². The van der Waals surface area contributed by atoms with E-state index in [2.05, 4.69) is 4.98 Å². The lowest BCUT2D eigenvalue weighted by Gasteiger charge is -2.32. The number of amides is 1. The van der Waals surface area contributed by atoms with Crippen LogP contribution in [-0.2, 0) is 9.53 Å². The van der Waals surface area contributed by atoms with Gasteiger partial charge < -0.3 is 14.6 Å². The number of nitrogens with one attached hydrogen (secondary N) is 1. The molecule has 2 heterocycles. The van der Waals surface area contributed by atoms with Gasteiger partial charge in [-0.15, -0.1) is 0 Å². The second-order valence-electron chi connectivity index (χ2n) is 6.71. The molecule has 24 heavy (non-hydrogen) atoms. The number of ether oxygens (including phenoxy) is 1. The van der Waals surface area contributed by atoms with Gasteiger partial charge in [-0.25, -0.2) is 4.79 Å². The van der Waals surface area contributed by atoms with Crippen molar-refractivity contribution in [1.82, 2.24) is 14.5 Å². The van der Waals surface area contributed by atoms with Crippen molar-refractivity contribution in [2.75, 3.05) is 19.7 Å². The van der Waals surface area contributed by atoms with Crippen molar-refractivity contribution in [3.05, 3.63) is 34.7 Å². The Morgan fingerprint density at radius 3 is 2.79 bits per heavy atom. The zero-order chi connectivity index (χ0) is 16.7. The smallest absolute Gasteiger partial charge is 0.326 e. The molecule has 1 aromatic carbocycles. The molecule has 1 N–H and O–H groups in total. The number of nitrogens with zero attached hydrogens (tertiary/aromatic N) is 2. The number of likely N-dealkylation sites (tertiary alicyclic amines) is 1. The van der Waals surface area contributed by atoms with Crippen LogP contribution in [0.2, 0.25) is 0 Å². The van der Waals surface area contributed by atoms with Gasteiger partial charge in [0.25, 0.3) is 0 Å². The van der Waals surface area contributed by atoms with Crippen molar-refractivity contribution >= 4 is 16.9 Å². The van der Waals surface area contributed by atoms with Crippen LogP contribution in [-0.4, -0.2) is 46.2 Å². The zero-order valence-electron chi connectivity index (χ0n) is 13.9. The fourth-order valence-corrected chi connectivity index (χ4v) is 3.85. The number of rotatable bonds is 4. The van der Waals surface area contributed by atoms with E-state index in [-0.39, 0.29) is 29.7 Å². The molecule has 0 spiro atoms. The van der Waals surface area contributed by atoms with Gasteiger partial charge in [-0.05, 0) is 38.3 Å². The second-order valence-corrected chi connectivity index (χ2v) is 6.71. The van der Waals surface area contributed by atoms with Gasteiger partial charge in [-0.1, -0.05) is 12.1 Å². The third-order valence-electron chi connectivity index (χ3n) is 5.20. The summed E-state index contributed by atoms with van der Waals surface area (Å²) < 4.78 is 7.38. The van der Waals surface area contributed by atoms with E-state index in [1.807, 2.05) is 40.7 Å². The first-order valence-corrected chi connectivity index (χ1v) is 8.78. The minimum atomic E-state index is -0.0559. The number of imidazole rings is 1. The van der Waals surface area contributed by atoms with E-state index < -0.39 is 0 Å². The standard InChI is InChI=1S/C18H23N3O3/c1-2-24-16-11-13(16)17(22)20-9-7-12(8-10-20)21-15-6-4-3-5-14(15)19-18(21)23/h3-6,12-13,16H,2,7-11H2,1H3,(H,19,23).